The Balaban J connectivity index is 1.68. The molecule has 21 heavy (non-hydrogen) atoms. The molecule has 0 fully saturated rings. The first kappa shape index (κ1) is 13.5. The zero-order valence-corrected chi connectivity index (χ0v) is 12.0. The predicted octanol–water partition coefficient (Wildman–Crippen LogP) is 3.87. The van der Waals surface area contributed by atoms with E-state index in [1.165, 1.54) is 23.5 Å². The van der Waals surface area contributed by atoms with E-state index in [-0.39, 0.29) is 5.82 Å². The molecule has 3 aromatic rings. The maximum Gasteiger partial charge on any atom is 0.123 e. The van der Waals surface area contributed by atoms with Crippen LogP contribution in [0.1, 0.15) is 10.4 Å². The average molecular weight is 297 g/mol. The Morgan fingerprint density at radius 2 is 1.95 bits per heavy atom. The molecule has 0 aliphatic carbocycles. The van der Waals surface area contributed by atoms with Gasteiger partial charge in [0.1, 0.15) is 22.5 Å². The lowest BCUT2D eigenvalue weighted by atomic mass is 10.1. The summed E-state index contributed by atoms with van der Waals surface area (Å²) in [6.45, 7) is 0.738. The molecule has 2 heterocycles. The Kier molecular flexibility index (Phi) is 3.80. The molecule has 0 saturated heterocycles. The minimum absolute atomic E-state index is 0.217. The SMILES string of the molecule is N#Cc1ccc(-c2ccn(CCc3ccc(F)cc3)n2)s1. The van der Waals surface area contributed by atoms with Crippen molar-refractivity contribution in [2.45, 2.75) is 13.0 Å². The minimum Gasteiger partial charge on any atom is -0.272 e. The molecule has 0 N–H and O–H groups in total. The number of aryl methyl sites for hydroxylation is 2. The number of nitrogens with zero attached hydrogens (tertiary/aromatic N) is 3. The molecule has 104 valence electrons. The van der Waals surface area contributed by atoms with E-state index in [1.54, 1.807) is 18.2 Å². The van der Waals surface area contributed by atoms with Crippen molar-refractivity contribution in [1.82, 2.24) is 9.78 Å². The summed E-state index contributed by atoms with van der Waals surface area (Å²) in [4.78, 5) is 1.68. The third-order valence-electron chi connectivity index (χ3n) is 3.15. The van der Waals surface area contributed by atoms with Crippen molar-refractivity contribution < 1.29 is 4.39 Å². The van der Waals surface area contributed by atoms with E-state index >= 15 is 0 Å². The monoisotopic (exact) mass is 297 g/mol. The Morgan fingerprint density at radius 1 is 1.14 bits per heavy atom. The lowest BCUT2D eigenvalue weighted by molar-refractivity contribution is 0.611. The van der Waals surface area contributed by atoms with E-state index in [2.05, 4.69) is 11.2 Å². The van der Waals surface area contributed by atoms with Crippen LogP contribution in [0.25, 0.3) is 10.6 Å². The predicted molar refractivity (Wildman–Crippen MR) is 80.4 cm³/mol. The van der Waals surface area contributed by atoms with E-state index in [0.29, 0.717) is 4.88 Å². The highest BCUT2D eigenvalue weighted by molar-refractivity contribution is 7.15. The molecule has 0 atom stereocenters. The molecule has 3 rings (SSSR count). The van der Waals surface area contributed by atoms with Crippen LogP contribution in [0.5, 0.6) is 0 Å². The molecular weight excluding hydrogens is 285 g/mol. The highest BCUT2D eigenvalue weighted by Crippen LogP contribution is 2.26. The van der Waals surface area contributed by atoms with Crippen LogP contribution in [0.2, 0.25) is 0 Å². The lowest BCUT2D eigenvalue weighted by Gasteiger charge is -2.02. The molecule has 0 radical (unpaired) electrons. The standard InChI is InChI=1S/C16H12FN3S/c17-13-3-1-12(2-4-13)7-9-20-10-8-15(19-20)16-6-5-14(11-18)21-16/h1-6,8,10H,7,9H2. The third-order valence-corrected chi connectivity index (χ3v) is 4.16. The van der Waals surface area contributed by atoms with Crippen LogP contribution in [-0.2, 0) is 13.0 Å². The second-order valence-electron chi connectivity index (χ2n) is 4.62. The number of hydrogen-bond donors (Lipinski definition) is 0. The van der Waals surface area contributed by atoms with Crippen molar-refractivity contribution in [3.63, 3.8) is 0 Å². The normalized spacial score (nSPS) is 10.5. The minimum atomic E-state index is -0.217. The van der Waals surface area contributed by atoms with Gasteiger partial charge in [-0.3, -0.25) is 4.68 Å². The molecule has 0 unspecified atom stereocenters. The van der Waals surface area contributed by atoms with Crippen LogP contribution < -0.4 is 0 Å². The largest absolute Gasteiger partial charge is 0.272 e. The fourth-order valence-corrected chi connectivity index (χ4v) is 2.82. The van der Waals surface area contributed by atoms with Crippen LogP contribution in [-0.4, -0.2) is 9.78 Å². The van der Waals surface area contributed by atoms with Gasteiger partial charge in [-0.15, -0.1) is 11.3 Å². The van der Waals surface area contributed by atoms with Gasteiger partial charge < -0.3 is 0 Å². The number of halogens is 1. The first-order chi connectivity index (χ1) is 10.2. The molecule has 0 spiro atoms. The summed E-state index contributed by atoms with van der Waals surface area (Å²) in [7, 11) is 0. The first-order valence-electron chi connectivity index (χ1n) is 6.53. The quantitative estimate of drug-likeness (QED) is 0.733. The van der Waals surface area contributed by atoms with Crippen LogP contribution in [0.15, 0.2) is 48.7 Å². The van der Waals surface area contributed by atoms with Crippen LogP contribution in [0.3, 0.4) is 0 Å². The lowest BCUT2D eigenvalue weighted by Crippen LogP contribution is -2.02. The van der Waals surface area contributed by atoms with Crippen molar-refractivity contribution in [1.29, 1.82) is 5.26 Å². The van der Waals surface area contributed by atoms with E-state index in [4.69, 9.17) is 5.26 Å². The molecular formula is C16H12FN3S. The molecule has 2 aromatic heterocycles. The maximum atomic E-state index is 12.8. The molecule has 0 bridgehead atoms. The molecule has 5 heteroatoms. The van der Waals surface area contributed by atoms with Gasteiger partial charge in [0.2, 0.25) is 0 Å². The van der Waals surface area contributed by atoms with Gasteiger partial charge in [0.05, 0.1) is 4.88 Å². The first-order valence-corrected chi connectivity index (χ1v) is 7.34. The van der Waals surface area contributed by atoms with Crippen molar-refractivity contribution in [3.05, 3.63) is 64.9 Å². The van der Waals surface area contributed by atoms with E-state index < -0.39 is 0 Å². The summed E-state index contributed by atoms with van der Waals surface area (Å²) < 4.78 is 14.7. The second kappa shape index (κ2) is 5.90. The topological polar surface area (TPSA) is 41.6 Å². The Labute approximate surface area is 125 Å². The van der Waals surface area contributed by atoms with Crippen molar-refractivity contribution in [2.75, 3.05) is 0 Å². The number of benzene rings is 1. The molecule has 0 saturated carbocycles. The summed E-state index contributed by atoms with van der Waals surface area (Å²) in [6, 6.07) is 14.3. The zero-order valence-electron chi connectivity index (χ0n) is 11.2. The van der Waals surface area contributed by atoms with Gasteiger partial charge in [0, 0.05) is 12.7 Å². The van der Waals surface area contributed by atoms with Crippen LogP contribution >= 0.6 is 11.3 Å². The molecule has 3 nitrogen and oxygen atoms in total. The zero-order chi connectivity index (χ0) is 14.7. The third kappa shape index (κ3) is 3.18. The molecule has 0 aliphatic heterocycles. The highest BCUT2D eigenvalue weighted by atomic mass is 32.1. The number of hydrogen-bond acceptors (Lipinski definition) is 3. The van der Waals surface area contributed by atoms with E-state index in [0.717, 1.165) is 29.1 Å². The number of nitriles is 1. The van der Waals surface area contributed by atoms with Crippen molar-refractivity contribution in [2.24, 2.45) is 0 Å². The summed E-state index contributed by atoms with van der Waals surface area (Å²) >= 11 is 1.44. The average Bonchev–Trinajstić information content (AvgIpc) is 3.15. The molecule has 1 aromatic carbocycles. The summed E-state index contributed by atoms with van der Waals surface area (Å²) in [5, 5.41) is 13.3. The molecule has 0 aliphatic rings. The van der Waals surface area contributed by atoms with Gasteiger partial charge in [0.25, 0.3) is 0 Å². The number of thiophene rings is 1. The Hall–Kier alpha value is -2.45. The summed E-state index contributed by atoms with van der Waals surface area (Å²) in [5.41, 5.74) is 1.96. The van der Waals surface area contributed by atoms with Gasteiger partial charge in [-0.25, -0.2) is 4.39 Å². The fourth-order valence-electron chi connectivity index (χ4n) is 2.05. The van der Waals surface area contributed by atoms with Gasteiger partial charge >= 0.3 is 0 Å². The Morgan fingerprint density at radius 3 is 2.67 bits per heavy atom. The van der Waals surface area contributed by atoms with Crippen LogP contribution in [0, 0.1) is 17.1 Å². The van der Waals surface area contributed by atoms with Crippen LogP contribution in [0.4, 0.5) is 4.39 Å². The molecule has 0 amide bonds. The van der Waals surface area contributed by atoms with E-state index in [1.807, 2.05) is 23.0 Å². The summed E-state index contributed by atoms with van der Waals surface area (Å²) in [6.07, 6.45) is 2.72. The second-order valence-corrected chi connectivity index (χ2v) is 5.70. The fraction of sp³-hybridized carbons (Fsp3) is 0.125. The van der Waals surface area contributed by atoms with Gasteiger partial charge in [0.15, 0.2) is 0 Å². The van der Waals surface area contributed by atoms with E-state index in [9.17, 15) is 4.39 Å². The van der Waals surface area contributed by atoms with Gasteiger partial charge in [-0.05, 0) is 42.3 Å². The van der Waals surface area contributed by atoms with Crippen molar-refractivity contribution in [3.8, 4) is 16.6 Å². The van der Waals surface area contributed by atoms with Crippen molar-refractivity contribution >= 4 is 11.3 Å². The van der Waals surface area contributed by atoms with Gasteiger partial charge in [-0.1, -0.05) is 12.1 Å². The Bertz CT molecular complexity index is 780. The number of aromatic nitrogens is 2. The summed E-state index contributed by atoms with van der Waals surface area (Å²) in [5.74, 6) is -0.217. The highest BCUT2D eigenvalue weighted by Gasteiger charge is 2.06. The smallest absolute Gasteiger partial charge is 0.123 e. The number of rotatable bonds is 4. The maximum absolute atomic E-state index is 12.8. The van der Waals surface area contributed by atoms with Gasteiger partial charge in [-0.2, -0.15) is 10.4 Å².